The van der Waals surface area contributed by atoms with Crippen molar-refractivity contribution in [2.75, 3.05) is 31.1 Å². The number of hydrogen-bond acceptors (Lipinski definition) is 7. The monoisotopic (exact) mass is 486 g/mol. The lowest BCUT2D eigenvalue weighted by molar-refractivity contribution is 0.0240. The lowest BCUT2D eigenvalue weighted by Crippen LogP contribution is -2.51. The standard InChI is InChI=1S/C24H28F2N6O3/c1-15-13-28-17-12-19(30-8-10-31(11-9-30)23(34)35-24(2,3)4)22(33)32(21(17)29-15)14-18-16(20(25)26)6-5-7-27-18/h5-7,12-13,20H,8-11,14H2,1-4H3. The molecule has 186 valence electrons. The minimum atomic E-state index is -2.72. The van der Waals surface area contributed by atoms with Gasteiger partial charge in [-0.15, -0.1) is 0 Å². The highest BCUT2D eigenvalue weighted by atomic mass is 19.3. The number of aromatic nitrogens is 4. The van der Waals surface area contributed by atoms with Crippen LogP contribution in [0.15, 0.2) is 35.4 Å². The number of fused-ring (bicyclic) bond motifs is 1. The van der Waals surface area contributed by atoms with Crippen molar-refractivity contribution in [3.05, 3.63) is 57.9 Å². The molecule has 0 bridgehead atoms. The topological polar surface area (TPSA) is 93.5 Å². The number of rotatable bonds is 4. The molecule has 3 aromatic rings. The molecule has 0 N–H and O–H groups in total. The molecule has 0 radical (unpaired) electrons. The van der Waals surface area contributed by atoms with E-state index in [1.54, 1.807) is 24.1 Å². The summed E-state index contributed by atoms with van der Waals surface area (Å²) in [4.78, 5) is 42.5. The van der Waals surface area contributed by atoms with E-state index in [9.17, 15) is 18.4 Å². The number of hydrogen-bond donors (Lipinski definition) is 0. The van der Waals surface area contributed by atoms with Gasteiger partial charge in [0.05, 0.1) is 17.9 Å². The van der Waals surface area contributed by atoms with Crippen molar-refractivity contribution in [2.45, 2.75) is 46.3 Å². The average molecular weight is 487 g/mol. The van der Waals surface area contributed by atoms with E-state index in [2.05, 4.69) is 15.0 Å². The van der Waals surface area contributed by atoms with Crippen LogP contribution in [-0.2, 0) is 11.3 Å². The van der Waals surface area contributed by atoms with Gasteiger partial charge in [-0.3, -0.25) is 19.3 Å². The number of carbonyl (C=O) groups excluding carboxylic acids is 1. The van der Waals surface area contributed by atoms with E-state index in [1.807, 2.05) is 25.7 Å². The second-order valence-electron chi connectivity index (χ2n) is 9.44. The predicted octanol–water partition coefficient (Wildman–Crippen LogP) is 3.54. The van der Waals surface area contributed by atoms with Crippen molar-refractivity contribution < 1.29 is 18.3 Å². The molecule has 0 unspecified atom stereocenters. The fourth-order valence-electron chi connectivity index (χ4n) is 3.96. The molecule has 4 heterocycles. The van der Waals surface area contributed by atoms with Crippen molar-refractivity contribution in [1.29, 1.82) is 0 Å². The van der Waals surface area contributed by atoms with Gasteiger partial charge in [0.15, 0.2) is 5.65 Å². The maximum atomic E-state index is 13.6. The van der Waals surface area contributed by atoms with Gasteiger partial charge in [0.2, 0.25) is 0 Å². The Morgan fingerprint density at radius 2 is 1.89 bits per heavy atom. The number of ether oxygens (including phenoxy) is 1. The number of alkyl halides is 2. The van der Waals surface area contributed by atoms with Gasteiger partial charge in [-0.25, -0.2) is 18.6 Å². The number of aryl methyl sites for hydroxylation is 1. The van der Waals surface area contributed by atoms with Crippen LogP contribution in [0.1, 0.15) is 44.1 Å². The number of pyridine rings is 2. The highest BCUT2D eigenvalue weighted by molar-refractivity contribution is 5.75. The number of amides is 1. The number of carbonyl (C=O) groups is 1. The summed E-state index contributed by atoms with van der Waals surface area (Å²) in [6, 6.07) is 4.41. The van der Waals surface area contributed by atoms with E-state index in [0.717, 1.165) is 0 Å². The quantitative estimate of drug-likeness (QED) is 0.557. The number of halogens is 2. The van der Waals surface area contributed by atoms with E-state index in [0.29, 0.717) is 48.7 Å². The lowest BCUT2D eigenvalue weighted by atomic mass is 10.2. The van der Waals surface area contributed by atoms with Gasteiger partial charge in [-0.1, -0.05) is 0 Å². The minimum Gasteiger partial charge on any atom is -0.444 e. The third kappa shape index (κ3) is 5.39. The molecule has 1 fully saturated rings. The second-order valence-corrected chi connectivity index (χ2v) is 9.44. The van der Waals surface area contributed by atoms with E-state index in [-0.39, 0.29) is 23.4 Å². The Morgan fingerprint density at radius 1 is 1.17 bits per heavy atom. The van der Waals surface area contributed by atoms with Gasteiger partial charge in [-0.2, -0.15) is 0 Å². The van der Waals surface area contributed by atoms with Crippen LogP contribution in [0.5, 0.6) is 0 Å². The first kappa shape index (κ1) is 24.5. The van der Waals surface area contributed by atoms with E-state index in [1.165, 1.54) is 22.9 Å². The zero-order valence-corrected chi connectivity index (χ0v) is 20.2. The Bertz CT molecular complexity index is 1300. The Morgan fingerprint density at radius 3 is 2.54 bits per heavy atom. The van der Waals surface area contributed by atoms with Gasteiger partial charge in [0.25, 0.3) is 12.0 Å². The number of piperazine rings is 1. The fourth-order valence-corrected chi connectivity index (χ4v) is 3.96. The molecule has 4 rings (SSSR count). The van der Waals surface area contributed by atoms with Crippen molar-refractivity contribution in [1.82, 2.24) is 24.4 Å². The molecule has 9 nitrogen and oxygen atoms in total. The largest absolute Gasteiger partial charge is 0.444 e. The molecule has 1 aliphatic heterocycles. The van der Waals surface area contributed by atoms with Crippen molar-refractivity contribution in [2.24, 2.45) is 0 Å². The molecule has 11 heteroatoms. The van der Waals surface area contributed by atoms with Crippen LogP contribution in [0.3, 0.4) is 0 Å². The molecule has 1 aliphatic rings. The predicted molar refractivity (Wildman–Crippen MR) is 127 cm³/mol. The Kier molecular flexibility index (Phi) is 6.68. The van der Waals surface area contributed by atoms with E-state index in [4.69, 9.17) is 4.74 Å². The summed E-state index contributed by atoms with van der Waals surface area (Å²) in [6.07, 6.45) is -0.112. The van der Waals surface area contributed by atoms with Gasteiger partial charge in [-0.05, 0) is 45.9 Å². The summed E-state index contributed by atoms with van der Waals surface area (Å²) in [5, 5.41) is 0. The minimum absolute atomic E-state index is 0.0982. The van der Waals surface area contributed by atoms with Crippen molar-refractivity contribution in [3.63, 3.8) is 0 Å². The molecule has 0 saturated carbocycles. The number of nitrogens with zero attached hydrogens (tertiary/aromatic N) is 6. The van der Waals surface area contributed by atoms with Crippen molar-refractivity contribution >= 4 is 22.9 Å². The molecule has 0 spiro atoms. The average Bonchev–Trinajstić information content (AvgIpc) is 2.80. The van der Waals surface area contributed by atoms with Crippen LogP contribution >= 0.6 is 0 Å². The molecule has 1 saturated heterocycles. The molecule has 0 aliphatic carbocycles. The first-order chi connectivity index (χ1) is 16.5. The SMILES string of the molecule is Cc1cnc2cc(N3CCN(C(=O)OC(C)(C)C)CC3)c(=O)n(Cc3ncccc3C(F)F)c2n1. The zero-order valence-electron chi connectivity index (χ0n) is 20.2. The van der Waals surface area contributed by atoms with Crippen molar-refractivity contribution in [3.8, 4) is 0 Å². The summed E-state index contributed by atoms with van der Waals surface area (Å²) < 4.78 is 33.9. The maximum absolute atomic E-state index is 13.6. The first-order valence-corrected chi connectivity index (χ1v) is 11.4. The maximum Gasteiger partial charge on any atom is 0.410 e. The van der Waals surface area contributed by atoms with Crippen LogP contribution in [0.2, 0.25) is 0 Å². The molecular weight excluding hydrogens is 458 g/mol. The van der Waals surface area contributed by atoms with Gasteiger partial charge < -0.3 is 14.5 Å². The molecule has 3 aromatic heterocycles. The summed E-state index contributed by atoms with van der Waals surface area (Å²) in [5.41, 5.74) is 0.624. The Labute approximate surface area is 201 Å². The summed E-state index contributed by atoms with van der Waals surface area (Å²) in [7, 11) is 0. The van der Waals surface area contributed by atoms with Crippen LogP contribution in [0.4, 0.5) is 19.3 Å². The highest BCUT2D eigenvalue weighted by Crippen LogP contribution is 2.24. The smallest absolute Gasteiger partial charge is 0.410 e. The summed E-state index contributed by atoms with van der Waals surface area (Å²) in [5.74, 6) is 0. The Hall–Kier alpha value is -3.63. The molecule has 1 amide bonds. The highest BCUT2D eigenvalue weighted by Gasteiger charge is 2.28. The van der Waals surface area contributed by atoms with Crippen LogP contribution in [-0.4, -0.2) is 62.3 Å². The van der Waals surface area contributed by atoms with Crippen LogP contribution in [0, 0.1) is 6.92 Å². The third-order valence-electron chi connectivity index (χ3n) is 5.64. The van der Waals surface area contributed by atoms with Gasteiger partial charge in [0.1, 0.15) is 16.8 Å². The van der Waals surface area contributed by atoms with Gasteiger partial charge in [0, 0.05) is 44.1 Å². The molecule has 0 atom stereocenters. The molecular formula is C24H28F2N6O3. The molecule has 0 aromatic carbocycles. The van der Waals surface area contributed by atoms with E-state index >= 15 is 0 Å². The second kappa shape index (κ2) is 9.55. The molecule has 35 heavy (non-hydrogen) atoms. The Balaban J connectivity index is 1.68. The van der Waals surface area contributed by atoms with E-state index < -0.39 is 18.1 Å². The third-order valence-corrected chi connectivity index (χ3v) is 5.64. The summed E-state index contributed by atoms with van der Waals surface area (Å²) >= 11 is 0. The lowest BCUT2D eigenvalue weighted by Gasteiger charge is -2.36. The van der Waals surface area contributed by atoms with Crippen LogP contribution < -0.4 is 10.5 Å². The zero-order chi connectivity index (χ0) is 25.3. The fraction of sp³-hybridized carbons (Fsp3) is 0.458. The normalized spacial score (nSPS) is 14.6. The van der Waals surface area contributed by atoms with Gasteiger partial charge >= 0.3 is 6.09 Å². The van der Waals surface area contributed by atoms with Crippen LogP contribution in [0.25, 0.3) is 11.2 Å². The number of anilines is 1. The first-order valence-electron chi connectivity index (χ1n) is 11.4. The summed E-state index contributed by atoms with van der Waals surface area (Å²) in [6.45, 7) is 8.57.